The maximum absolute atomic E-state index is 3.84. The lowest BCUT2D eigenvalue weighted by Gasteiger charge is -2.36. The van der Waals surface area contributed by atoms with Crippen LogP contribution in [0.15, 0.2) is 243 Å². The van der Waals surface area contributed by atoms with Crippen molar-refractivity contribution in [2.75, 3.05) is 20.4 Å². The van der Waals surface area contributed by atoms with Crippen LogP contribution < -0.4 is 20.4 Å². The first kappa shape index (κ1) is 43.5. The number of anilines is 8. The molecule has 0 saturated carbocycles. The number of allylic oxidation sites excluding steroid dienone is 2. The molecule has 0 radical (unpaired) electrons. The molecule has 0 heterocycles. The Morgan fingerprint density at radius 3 is 1.16 bits per heavy atom. The Bertz CT molecular complexity index is 3110. The predicted octanol–water partition coefficient (Wildman–Crippen LogP) is 17.5. The predicted molar refractivity (Wildman–Crippen MR) is 290 cm³/mol. The Kier molecular flexibility index (Phi) is 12.3. The second-order valence-electron chi connectivity index (χ2n) is 18.0. The highest BCUT2D eigenvalue weighted by molar-refractivity contribution is 5.96. The number of para-hydroxylation sites is 2. The van der Waals surface area contributed by atoms with Crippen molar-refractivity contribution in [1.82, 2.24) is 0 Å². The average molecular weight is 881 g/mol. The summed E-state index contributed by atoms with van der Waals surface area (Å²) in [5, 5.41) is 7.68. The van der Waals surface area contributed by atoms with Crippen molar-refractivity contribution in [1.29, 1.82) is 0 Å². The van der Waals surface area contributed by atoms with Crippen molar-refractivity contribution < 1.29 is 0 Å². The first-order valence-corrected chi connectivity index (χ1v) is 23.5. The topological polar surface area (TPSA) is 30.5 Å². The van der Waals surface area contributed by atoms with Gasteiger partial charge >= 0.3 is 0 Å². The number of nitrogens with one attached hydrogen (secondary N) is 2. The molecule has 0 aromatic heterocycles. The van der Waals surface area contributed by atoms with Gasteiger partial charge in [-0.3, -0.25) is 0 Å². The van der Waals surface area contributed by atoms with Crippen LogP contribution >= 0.6 is 0 Å². The third kappa shape index (κ3) is 9.49. The van der Waals surface area contributed by atoms with E-state index < -0.39 is 5.66 Å². The van der Waals surface area contributed by atoms with Crippen LogP contribution in [0.2, 0.25) is 0 Å². The molecule has 4 nitrogen and oxygen atoms in total. The Balaban J connectivity index is 1.08. The van der Waals surface area contributed by atoms with E-state index in [2.05, 4.69) is 291 Å². The maximum atomic E-state index is 3.84. The number of hydrogen-bond donors (Lipinski definition) is 2. The third-order valence-corrected chi connectivity index (χ3v) is 12.7. The van der Waals surface area contributed by atoms with E-state index in [1.54, 1.807) is 0 Å². The molecule has 0 bridgehead atoms. The summed E-state index contributed by atoms with van der Waals surface area (Å²) in [6.07, 6.45) is 7.68. The summed E-state index contributed by atoms with van der Waals surface area (Å²) in [5.74, 6) is 0. The highest BCUT2D eigenvalue weighted by Gasteiger charge is 2.29. The van der Waals surface area contributed by atoms with Gasteiger partial charge in [0.2, 0.25) is 0 Å². The average Bonchev–Trinajstić information content (AvgIpc) is 3.35. The quantitative estimate of drug-likeness (QED) is 0.113. The SMILES string of the molecule is Cc1cccc(N(c2ccc(-c3cccc(C4=CCC(Nc5ccccc5)(Nc5ccccc5)C=C4)c3-c3ccc(N(c4cccc(C)c4)c4cccc(C)c4)cc3)cc2)c2cccc(C)c2)c1. The van der Waals surface area contributed by atoms with Gasteiger partial charge in [-0.05, 0) is 186 Å². The molecule has 9 aromatic carbocycles. The fourth-order valence-electron chi connectivity index (χ4n) is 9.49. The smallest absolute Gasteiger partial charge is 0.131 e. The summed E-state index contributed by atoms with van der Waals surface area (Å²) >= 11 is 0. The van der Waals surface area contributed by atoms with Crippen LogP contribution in [0.3, 0.4) is 0 Å². The molecule has 1 aliphatic carbocycles. The second-order valence-corrected chi connectivity index (χ2v) is 18.0. The maximum Gasteiger partial charge on any atom is 0.131 e. The van der Waals surface area contributed by atoms with Gasteiger partial charge in [-0.15, -0.1) is 0 Å². The van der Waals surface area contributed by atoms with E-state index in [1.165, 1.54) is 44.5 Å². The lowest BCUT2D eigenvalue weighted by atomic mass is 9.84. The van der Waals surface area contributed by atoms with Crippen LogP contribution in [-0.2, 0) is 0 Å². The Labute approximate surface area is 402 Å². The highest BCUT2D eigenvalue weighted by Crippen LogP contribution is 2.44. The second kappa shape index (κ2) is 19.2. The van der Waals surface area contributed by atoms with Crippen molar-refractivity contribution in [2.24, 2.45) is 0 Å². The van der Waals surface area contributed by atoms with Gasteiger partial charge in [0.25, 0.3) is 0 Å². The van der Waals surface area contributed by atoms with Crippen LogP contribution in [0.5, 0.6) is 0 Å². The van der Waals surface area contributed by atoms with Gasteiger partial charge in [-0.1, -0.05) is 140 Å². The molecule has 68 heavy (non-hydrogen) atoms. The zero-order chi connectivity index (χ0) is 46.5. The van der Waals surface area contributed by atoms with Crippen molar-refractivity contribution >= 4 is 51.1 Å². The van der Waals surface area contributed by atoms with Crippen LogP contribution in [0, 0.1) is 27.7 Å². The molecule has 1 aliphatic rings. The monoisotopic (exact) mass is 880 g/mol. The van der Waals surface area contributed by atoms with Gasteiger partial charge in [0.15, 0.2) is 0 Å². The van der Waals surface area contributed by atoms with Crippen molar-refractivity contribution in [3.05, 3.63) is 271 Å². The minimum atomic E-state index is -0.545. The zero-order valence-electron chi connectivity index (χ0n) is 39.2. The Morgan fingerprint density at radius 1 is 0.368 bits per heavy atom. The van der Waals surface area contributed by atoms with E-state index >= 15 is 0 Å². The molecule has 9 aromatic rings. The normalized spacial score (nSPS) is 12.8. The number of hydrogen-bond acceptors (Lipinski definition) is 4. The van der Waals surface area contributed by atoms with E-state index in [-0.39, 0.29) is 0 Å². The summed E-state index contributed by atoms with van der Waals surface area (Å²) in [5.41, 5.74) is 20.2. The number of nitrogens with zero attached hydrogens (tertiary/aromatic N) is 2. The molecule has 0 spiro atoms. The lowest BCUT2D eigenvalue weighted by molar-refractivity contribution is 0.660. The molecule has 0 atom stereocenters. The molecule has 332 valence electrons. The summed E-state index contributed by atoms with van der Waals surface area (Å²) < 4.78 is 0. The van der Waals surface area contributed by atoms with Crippen LogP contribution in [0.25, 0.3) is 27.8 Å². The van der Waals surface area contributed by atoms with Crippen LogP contribution in [0.1, 0.15) is 34.2 Å². The van der Waals surface area contributed by atoms with Crippen molar-refractivity contribution in [2.45, 2.75) is 39.8 Å². The highest BCUT2D eigenvalue weighted by atomic mass is 15.2. The molecule has 0 amide bonds. The van der Waals surface area contributed by atoms with Crippen LogP contribution in [-0.4, -0.2) is 5.66 Å². The lowest BCUT2D eigenvalue weighted by Crippen LogP contribution is -2.44. The first-order valence-electron chi connectivity index (χ1n) is 23.5. The largest absolute Gasteiger partial charge is 0.359 e. The van der Waals surface area contributed by atoms with E-state index in [0.717, 1.165) is 63.0 Å². The minimum absolute atomic E-state index is 0.545. The zero-order valence-corrected chi connectivity index (χ0v) is 39.2. The molecule has 0 unspecified atom stereocenters. The first-order chi connectivity index (χ1) is 33.3. The van der Waals surface area contributed by atoms with E-state index in [1.807, 2.05) is 0 Å². The van der Waals surface area contributed by atoms with Gasteiger partial charge in [0.05, 0.1) is 0 Å². The summed E-state index contributed by atoms with van der Waals surface area (Å²) in [6, 6.07) is 80.9. The Morgan fingerprint density at radius 2 is 0.765 bits per heavy atom. The van der Waals surface area contributed by atoms with Gasteiger partial charge in [-0.2, -0.15) is 0 Å². The van der Waals surface area contributed by atoms with Crippen molar-refractivity contribution in [3.8, 4) is 22.3 Å². The summed E-state index contributed by atoms with van der Waals surface area (Å²) in [7, 11) is 0. The van der Waals surface area contributed by atoms with E-state index in [4.69, 9.17) is 0 Å². The molecule has 10 rings (SSSR count). The molecule has 0 fully saturated rings. The molecular formula is C64H56N4. The number of benzene rings is 9. The summed E-state index contributed by atoms with van der Waals surface area (Å²) in [4.78, 5) is 4.71. The fraction of sp³-hybridized carbons (Fsp3) is 0.0938. The van der Waals surface area contributed by atoms with Crippen molar-refractivity contribution in [3.63, 3.8) is 0 Å². The van der Waals surface area contributed by atoms with E-state index in [0.29, 0.717) is 0 Å². The fourth-order valence-corrected chi connectivity index (χ4v) is 9.49. The minimum Gasteiger partial charge on any atom is -0.359 e. The Hall–Kier alpha value is -8.34. The molecule has 4 heteroatoms. The van der Waals surface area contributed by atoms with Gasteiger partial charge < -0.3 is 20.4 Å². The number of aryl methyl sites for hydroxylation is 4. The standard InChI is InChI=1S/C64H56N4/c1-46-16-11-24-57(42-46)67(58-25-12-17-47(2)43-58)55-34-30-50(31-35-55)61-28-15-29-62(51-38-40-64(41-39-51,65-53-20-7-5-8-21-53)66-54-22-9-6-10-23-54)63(61)52-32-36-56(37-33-52)68(59-26-13-18-48(3)44-59)60-27-14-19-49(4)45-60/h5-40,42-45,65-66H,41H2,1-4H3. The van der Waals surface area contributed by atoms with Gasteiger partial charge in [0.1, 0.15) is 5.66 Å². The van der Waals surface area contributed by atoms with E-state index in [9.17, 15) is 0 Å². The van der Waals surface area contributed by atoms with Gasteiger partial charge in [-0.25, -0.2) is 0 Å². The molecular weight excluding hydrogens is 825 g/mol. The van der Waals surface area contributed by atoms with Gasteiger partial charge in [0, 0.05) is 51.9 Å². The number of rotatable bonds is 13. The molecule has 0 saturated heterocycles. The molecule has 0 aliphatic heterocycles. The third-order valence-electron chi connectivity index (χ3n) is 12.7. The van der Waals surface area contributed by atoms with Crippen LogP contribution in [0.4, 0.5) is 45.5 Å². The molecule has 2 N–H and O–H groups in total. The summed E-state index contributed by atoms with van der Waals surface area (Å²) in [6.45, 7) is 8.62.